The van der Waals surface area contributed by atoms with E-state index in [1.165, 1.54) is 10.9 Å². The number of nitrogens with zero attached hydrogens (tertiary/aromatic N) is 2. The molecule has 0 radical (unpaired) electrons. The Balaban J connectivity index is 2.66. The van der Waals surface area contributed by atoms with Gasteiger partial charge in [-0.3, -0.25) is 4.68 Å². The molecule has 0 spiro atoms. The van der Waals surface area contributed by atoms with Crippen molar-refractivity contribution in [2.45, 2.75) is 6.54 Å². The van der Waals surface area contributed by atoms with Gasteiger partial charge in [-0.15, -0.1) is 0 Å². The van der Waals surface area contributed by atoms with Gasteiger partial charge in [-0.1, -0.05) is 11.6 Å². The molecule has 1 rings (SSSR count). The monoisotopic (exact) mass is 334 g/mol. The summed E-state index contributed by atoms with van der Waals surface area (Å²) >= 11 is 7.73. The lowest BCUT2D eigenvalue weighted by Gasteiger charge is -1.98. The topological polar surface area (TPSA) is 52.0 Å². The van der Waals surface area contributed by atoms with Crippen LogP contribution in [0.3, 0.4) is 0 Å². The molecule has 1 aromatic heterocycles. The van der Waals surface area contributed by atoms with E-state index in [4.69, 9.17) is 11.6 Å². The van der Waals surface area contributed by atoms with Crippen molar-refractivity contribution < 1.29 is 8.42 Å². The molecule has 0 N–H and O–H groups in total. The molecule has 0 bridgehead atoms. The van der Waals surface area contributed by atoms with E-state index < -0.39 is 9.84 Å². The third-order valence-electron chi connectivity index (χ3n) is 1.37. The van der Waals surface area contributed by atoms with Crippen molar-refractivity contribution in [1.82, 2.24) is 9.78 Å². The molecule has 74 valence electrons. The Labute approximate surface area is 95.3 Å². The quantitative estimate of drug-likeness (QED) is 0.780. The van der Waals surface area contributed by atoms with Gasteiger partial charge < -0.3 is 0 Å². The van der Waals surface area contributed by atoms with Gasteiger partial charge in [-0.2, -0.15) is 5.10 Å². The summed E-state index contributed by atoms with van der Waals surface area (Å²) < 4.78 is 23.9. The van der Waals surface area contributed by atoms with Crippen molar-refractivity contribution in [2.24, 2.45) is 0 Å². The molecule has 7 heteroatoms. The largest absolute Gasteiger partial charge is 0.269 e. The lowest BCUT2D eigenvalue weighted by atomic mass is 10.7. The van der Waals surface area contributed by atoms with E-state index in [0.717, 1.165) is 0 Å². The van der Waals surface area contributed by atoms with E-state index in [-0.39, 0.29) is 5.75 Å². The van der Waals surface area contributed by atoms with Crippen LogP contribution in [-0.4, -0.2) is 30.2 Å². The van der Waals surface area contributed by atoms with E-state index in [9.17, 15) is 8.42 Å². The zero-order chi connectivity index (χ0) is 10.1. The van der Waals surface area contributed by atoms with Crippen LogP contribution in [0.2, 0.25) is 5.02 Å². The second kappa shape index (κ2) is 4.14. The van der Waals surface area contributed by atoms with Crippen LogP contribution >= 0.6 is 34.2 Å². The Morgan fingerprint density at radius 1 is 1.69 bits per heavy atom. The molecule has 0 amide bonds. The minimum atomic E-state index is -2.93. The second-order valence-corrected chi connectivity index (χ2v) is 6.35. The zero-order valence-electron chi connectivity index (χ0n) is 6.87. The first-order valence-electron chi connectivity index (χ1n) is 3.44. The summed E-state index contributed by atoms with van der Waals surface area (Å²) in [4.78, 5) is 0. The fourth-order valence-electron chi connectivity index (χ4n) is 0.747. The van der Waals surface area contributed by atoms with E-state index in [1.807, 2.05) is 22.6 Å². The molecule has 0 aliphatic heterocycles. The molecular weight excluding hydrogens is 327 g/mol. The number of aryl methyl sites for hydroxylation is 1. The third-order valence-corrected chi connectivity index (χ3v) is 3.68. The second-order valence-electron chi connectivity index (χ2n) is 2.66. The average Bonchev–Trinajstić information content (AvgIpc) is 2.27. The molecule has 13 heavy (non-hydrogen) atoms. The highest BCUT2D eigenvalue weighted by Gasteiger charge is 2.06. The summed E-state index contributed by atoms with van der Waals surface area (Å²) in [5.41, 5.74) is 0. The van der Waals surface area contributed by atoms with Crippen LogP contribution < -0.4 is 0 Å². The predicted octanol–water partition coefficient (Wildman–Crippen LogP) is 1.19. The summed E-state index contributed by atoms with van der Waals surface area (Å²) in [5, 5.41) is 4.57. The fraction of sp³-hybridized carbons (Fsp3) is 0.500. The van der Waals surface area contributed by atoms with Crippen LogP contribution in [0, 0.1) is 3.70 Å². The lowest BCUT2D eigenvalue weighted by Crippen LogP contribution is -2.11. The normalized spacial score (nSPS) is 11.9. The summed E-state index contributed by atoms with van der Waals surface area (Å²) in [7, 11) is -2.93. The standard InChI is InChI=1S/C6H8ClIN2O2S/c1-13(11,12)3-2-10-4-5(7)6(8)9-10/h4H,2-3H2,1H3. The molecule has 0 fully saturated rings. The van der Waals surface area contributed by atoms with Gasteiger partial charge in [0.05, 0.1) is 17.3 Å². The van der Waals surface area contributed by atoms with Gasteiger partial charge in [-0.05, 0) is 22.6 Å². The molecule has 1 aromatic rings. The number of rotatable bonds is 3. The van der Waals surface area contributed by atoms with E-state index in [2.05, 4.69) is 5.10 Å². The lowest BCUT2D eigenvalue weighted by molar-refractivity contribution is 0.585. The van der Waals surface area contributed by atoms with E-state index >= 15 is 0 Å². The van der Waals surface area contributed by atoms with E-state index in [1.54, 1.807) is 6.20 Å². The number of sulfone groups is 1. The third kappa shape index (κ3) is 3.82. The Hall–Kier alpha value is 0.180. The van der Waals surface area contributed by atoms with Gasteiger partial charge in [0, 0.05) is 12.5 Å². The highest BCUT2D eigenvalue weighted by atomic mass is 127. The maximum absolute atomic E-state index is 10.8. The first-order valence-corrected chi connectivity index (χ1v) is 6.96. The number of hydrogen-bond acceptors (Lipinski definition) is 3. The Kier molecular flexibility index (Phi) is 3.58. The van der Waals surface area contributed by atoms with Crippen LogP contribution in [0.5, 0.6) is 0 Å². The van der Waals surface area contributed by atoms with Crippen molar-refractivity contribution in [3.05, 3.63) is 14.9 Å². The zero-order valence-corrected chi connectivity index (χ0v) is 10.6. The molecular formula is C6H8ClIN2O2S. The number of halogens is 2. The molecule has 0 unspecified atom stereocenters. The van der Waals surface area contributed by atoms with Gasteiger partial charge in [-0.25, -0.2) is 8.42 Å². The van der Waals surface area contributed by atoms with Crippen molar-refractivity contribution in [2.75, 3.05) is 12.0 Å². The fourth-order valence-corrected chi connectivity index (χ4v) is 1.83. The minimum absolute atomic E-state index is 0.0844. The van der Waals surface area contributed by atoms with Gasteiger partial charge in [0.1, 0.15) is 13.5 Å². The Morgan fingerprint density at radius 3 is 2.69 bits per heavy atom. The van der Waals surface area contributed by atoms with Gasteiger partial charge in [0.25, 0.3) is 0 Å². The molecule has 0 saturated carbocycles. The Bertz CT molecular complexity index is 381. The summed E-state index contributed by atoms with van der Waals surface area (Å²) in [6.45, 7) is 0.349. The first-order chi connectivity index (χ1) is 5.88. The van der Waals surface area contributed by atoms with Crippen LogP contribution in [0.1, 0.15) is 0 Å². The highest BCUT2D eigenvalue weighted by molar-refractivity contribution is 14.1. The van der Waals surface area contributed by atoms with Crippen LogP contribution in [0.15, 0.2) is 6.20 Å². The van der Waals surface area contributed by atoms with Crippen molar-refractivity contribution >= 4 is 44.0 Å². The van der Waals surface area contributed by atoms with Crippen LogP contribution in [0.4, 0.5) is 0 Å². The van der Waals surface area contributed by atoms with Crippen LogP contribution in [-0.2, 0) is 16.4 Å². The van der Waals surface area contributed by atoms with Crippen molar-refractivity contribution in [3.63, 3.8) is 0 Å². The maximum Gasteiger partial charge on any atom is 0.149 e. The van der Waals surface area contributed by atoms with Gasteiger partial charge >= 0.3 is 0 Å². The average molecular weight is 335 g/mol. The smallest absolute Gasteiger partial charge is 0.149 e. The molecule has 0 aliphatic rings. The maximum atomic E-state index is 10.8. The number of hydrogen-bond donors (Lipinski definition) is 0. The molecule has 0 saturated heterocycles. The predicted molar refractivity (Wildman–Crippen MR) is 59.7 cm³/mol. The van der Waals surface area contributed by atoms with E-state index in [0.29, 0.717) is 15.3 Å². The summed E-state index contributed by atoms with van der Waals surface area (Å²) in [6, 6.07) is 0. The molecule has 1 heterocycles. The van der Waals surface area contributed by atoms with Crippen LogP contribution in [0.25, 0.3) is 0 Å². The molecule has 0 aliphatic carbocycles. The highest BCUT2D eigenvalue weighted by Crippen LogP contribution is 2.15. The molecule has 0 atom stereocenters. The summed E-state index contributed by atoms with van der Waals surface area (Å²) in [6.07, 6.45) is 2.82. The van der Waals surface area contributed by atoms with Crippen molar-refractivity contribution in [1.29, 1.82) is 0 Å². The molecule has 0 aromatic carbocycles. The Morgan fingerprint density at radius 2 is 2.31 bits per heavy atom. The molecule has 4 nitrogen and oxygen atoms in total. The van der Waals surface area contributed by atoms with Crippen molar-refractivity contribution in [3.8, 4) is 0 Å². The van der Waals surface area contributed by atoms with Gasteiger partial charge in [0.15, 0.2) is 0 Å². The van der Waals surface area contributed by atoms with Gasteiger partial charge in [0.2, 0.25) is 0 Å². The summed E-state index contributed by atoms with van der Waals surface area (Å²) in [5.74, 6) is 0.0844. The first kappa shape index (κ1) is 11.3. The minimum Gasteiger partial charge on any atom is -0.269 e. The SMILES string of the molecule is CS(=O)(=O)CCn1cc(Cl)c(I)n1. The number of aromatic nitrogens is 2.